The first-order valence-electron chi connectivity index (χ1n) is 5.89. The van der Waals surface area contributed by atoms with Gasteiger partial charge < -0.3 is 10.1 Å². The van der Waals surface area contributed by atoms with E-state index in [4.69, 9.17) is 4.74 Å². The van der Waals surface area contributed by atoms with Gasteiger partial charge >= 0.3 is 0 Å². The van der Waals surface area contributed by atoms with Gasteiger partial charge in [-0.25, -0.2) is 9.97 Å². The lowest BCUT2D eigenvalue weighted by molar-refractivity contribution is -0.115. The van der Waals surface area contributed by atoms with Gasteiger partial charge in [0.25, 0.3) is 0 Å². The Bertz CT molecular complexity index is 584. The molecule has 1 amide bonds. The van der Waals surface area contributed by atoms with Crippen molar-refractivity contribution in [3.8, 4) is 5.88 Å². The standard InChI is InChI=1S/C14H15N3O2/c1-10-5-3-4-6-11(10)7-13(18)17-12-8-14(19-2)16-9-15-12/h3-6,8-9H,7H2,1-2H3,(H,15,16,17,18). The summed E-state index contributed by atoms with van der Waals surface area (Å²) in [6, 6.07) is 9.37. The molecule has 1 N–H and O–H groups in total. The summed E-state index contributed by atoms with van der Waals surface area (Å²) in [4.78, 5) is 19.8. The number of ether oxygens (including phenoxy) is 1. The number of hydrogen-bond donors (Lipinski definition) is 1. The van der Waals surface area contributed by atoms with Crippen molar-refractivity contribution in [1.82, 2.24) is 9.97 Å². The van der Waals surface area contributed by atoms with Crippen molar-refractivity contribution in [2.75, 3.05) is 12.4 Å². The number of benzene rings is 1. The molecule has 0 bridgehead atoms. The molecule has 98 valence electrons. The Labute approximate surface area is 111 Å². The van der Waals surface area contributed by atoms with Gasteiger partial charge in [0.2, 0.25) is 11.8 Å². The van der Waals surface area contributed by atoms with Gasteiger partial charge in [-0.15, -0.1) is 0 Å². The summed E-state index contributed by atoms with van der Waals surface area (Å²) in [6.07, 6.45) is 1.67. The van der Waals surface area contributed by atoms with Gasteiger partial charge in [-0.2, -0.15) is 0 Å². The number of aromatic nitrogens is 2. The molecule has 19 heavy (non-hydrogen) atoms. The van der Waals surface area contributed by atoms with Crippen molar-refractivity contribution in [3.63, 3.8) is 0 Å². The summed E-state index contributed by atoms with van der Waals surface area (Å²) in [5, 5.41) is 2.72. The van der Waals surface area contributed by atoms with Crippen LogP contribution >= 0.6 is 0 Å². The number of amides is 1. The molecule has 0 aliphatic rings. The van der Waals surface area contributed by atoms with Crippen LogP contribution in [-0.2, 0) is 11.2 Å². The Morgan fingerprint density at radius 3 is 2.84 bits per heavy atom. The van der Waals surface area contributed by atoms with Crippen LogP contribution in [0.2, 0.25) is 0 Å². The molecule has 1 aromatic heterocycles. The van der Waals surface area contributed by atoms with Gasteiger partial charge in [-0.1, -0.05) is 24.3 Å². The Balaban J connectivity index is 2.03. The highest BCUT2D eigenvalue weighted by Gasteiger charge is 2.07. The lowest BCUT2D eigenvalue weighted by Gasteiger charge is -2.07. The molecule has 0 radical (unpaired) electrons. The minimum absolute atomic E-state index is 0.116. The maximum Gasteiger partial charge on any atom is 0.229 e. The molecule has 5 heteroatoms. The third-order valence-electron chi connectivity index (χ3n) is 2.73. The fourth-order valence-corrected chi connectivity index (χ4v) is 1.69. The zero-order valence-electron chi connectivity index (χ0n) is 10.9. The number of aryl methyl sites for hydroxylation is 1. The van der Waals surface area contributed by atoms with Crippen LogP contribution in [0.5, 0.6) is 5.88 Å². The Morgan fingerprint density at radius 2 is 2.11 bits per heavy atom. The SMILES string of the molecule is COc1cc(NC(=O)Cc2ccccc2C)ncn1. The van der Waals surface area contributed by atoms with Crippen LogP contribution < -0.4 is 10.1 Å². The maximum atomic E-state index is 11.9. The number of anilines is 1. The van der Waals surface area contributed by atoms with E-state index in [-0.39, 0.29) is 5.91 Å². The zero-order chi connectivity index (χ0) is 13.7. The number of nitrogens with one attached hydrogen (secondary N) is 1. The highest BCUT2D eigenvalue weighted by Crippen LogP contribution is 2.12. The van der Waals surface area contributed by atoms with Crippen LogP contribution in [0, 0.1) is 6.92 Å². The maximum absolute atomic E-state index is 11.9. The van der Waals surface area contributed by atoms with Crippen LogP contribution in [-0.4, -0.2) is 23.0 Å². The largest absolute Gasteiger partial charge is 0.481 e. The molecule has 0 aliphatic carbocycles. The van der Waals surface area contributed by atoms with Crippen molar-refractivity contribution in [2.45, 2.75) is 13.3 Å². The molecule has 2 rings (SSSR count). The average Bonchev–Trinajstić information content (AvgIpc) is 2.41. The molecule has 0 saturated carbocycles. The molecule has 1 heterocycles. The van der Waals surface area contributed by atoms with E-state index in [9.17, 15) is 4.79 Å². The predicted molar refractivity (Wildman–Crippen MR) is 72.1 cm³/mol. The van der Waals surface area contributed by atoms with Gasteiger partial charge in [-0.3, -0.25) is 4.79 Å². The highest BCUT2D eigenvalue weighted by atomic mass is 16.5. The lowest BCUT2D eigenvalue weighted by atomic mass is 10.1. The van der Waals surface area contributed by atoms with E-state index in [1.807, 2.05) is 31.2 Å². The van der Waals surface area contributed by atoms with Crippen molar-refractivity contribution in [2.24, 2.45) is 0 Å². The predicted octanol–water partition coefficient (Wildman–Crippen LogP) is 1.97. The molecule has 0 fully saturated rings. The fraction of sp³-hybridized carbons (Fsp3) is 0.214. The van der Waals surface area contributed by atoms with Crippen LogP contribution in [0.4, 0.5) is 5.82 Å². The van der Waals surface area contributed by atoms with Crippen molar-refractivity contribution in [3.05, 3.63) is 47.8 Å². The molecule has 0 atom stereocenters. The fourth-order valence-electron chi connectivity index (χ4n) is 1.69. The number of rotatable bonds is 4. The van der Waals surface area contributed by atoms with Gasteiger partial charge in [-0.05, 0) is 18.1 Å². The number of hydrogen-bond acceptors (Lipinski definition) is 4. The van der Waals surface area contributed by atoms with Crippen LogP contribution in [0.25, 0.3) is 0 Å². The topological polar surface area (TPSA) is 64.1 Å². The monoisotopic (exact) mass is 257 g/mol. The van der Waals surface area contributed by atoms with Crippen LogP contribution in [0.15, 0.2) is 36.7 Å². The number of nitrogens with zero attached hydrogens (tertiary/aromatic N) is 2. The van der Waals surface area contributed by atoms with E-state index in [1.54, 1.807) is 6.07 Å². The summed E-state index contributed by atoms with van der Waals surface area (Å²) in [7, 11) is 1.52. The molecule has 0 spiro atoms. The smallest absolute Gasteiger partial charge is 0.229 e. The van der Waals surface area contributed by atoms with Gasteiger partial charge in [0.15, 0.2) is 0 Å². The second-order valence-corrected chi connectivity index (χ2v) is 4.10. The minimum atomic E-state index is -0.116. The van der Waals surface area contributed by atoms with Crippen LogP contribution in [0.3, 0.4) is 0 Å². The zero-order valence-corrected chi connectivity index (χ0v) is 10.9. The van der Waals surface area contributed by atoms with Gasteiger partial charge in [0.05, 0.1) is 13.5 Å². The lowest BCUT2D eigenvalue weighted by Crippen LogP contribution is -2.16. The molecule has 0 aliphatic heterocycles. The summed E-state index contributed by atoms with van der Waals surface area (Å²) in [6.45, 7) is 1.98. The normalized spacial score (nSPS) is 10.0. The number of carbonyl (C=O) groups excluding carboxylic acids is 1. The number of methoxy groups -OCH3 is 1. The van der Waals surface area contributed by atoms with Crippen LogP contribution in [0.1, 0.15) is 11.1 Å². The summed E-state index contributed by atoms with van der Waals surface area (Å²) in [5.74, 6) is 0.738. The van der Waals surface area contributed by atoms with Crippen molar-refractivity contribution in [1.29, 1.82) is 0 Å². The van der Waals surface area contributed by atoms with Crippen molar-refractivity contribution < 1.29 is 9.53 Å². The summed E-state index contributed by atoms with van der Waals surface area (Å²) >= 11 is 0. The molecule has 2 aromatic rings. The Hall–Kier alpha value is -2.43. The average molecular weight is 257 g/mol. The molecular weight excluding hydrogens is 242 g/mol. The first-order chi connectivity index (χ1) is 9.19. The quantitative estimate of drug-likeness (QED) is 0.909. The molecule has 1 aromatic carbocycles. The van der Waals surface area contributed by atoms with E-state index in [0.717, 1.165) is 11.1 Å². The molecule has 0 saturated heterocycles. The van der Waals surface area contributed by atoms with E-state index in [2.05, 4.69) is 15.3 Å². The first-order valence-corrected chi connectivity index (χ1v) is 5.89. The summed E-state index contributed by atoms with van der Waals surface area (Å²) < 4.78 is 4.97. The number of carbonyl (C=O) groups is 1. The Morgan fingerprint density at radius 1 is 1.32 bits per heavy atom. The van der Waals surface area contributed by atoms with Crippen molar-refractivity contribution >= 4 is 11.7 Å². The molecule has 5 nitrogen and oxygen atoms in total. The van der Waals surface area contributed by atoms with E-state index in [1.165, 1.54) is 13.4 Å². The Kier molecular flexibility index (Phi) is 4.07. The molecular formula is C14H15N3O2. The second-order valence-electron chi connectivity index (χ2n) is 4.10. The molecule has 0 unspecified atom stereocenters. The van der Waals surface area contributed by atoms with E-state index in [0.29, 0.717) is 18.1 Å². The minimum Gasteiger partial charge on any atom is -0.481 e. The third-order valence-corrected chi connectivity index (χ3v) is 2.73. The van der Waals surface area contributed by atoms with E-state index >= 15 is 0 Å². The van der Waals surface area contributed by atoms with E-state index < -0.39 is 0 Å². The highest BCUT2D eigenvalue weighted by molar-refractivity contribution is 5.91. The second kappa shape index (κ2) is 5.95. The summed E-state index contributed by atoms with van der Waals surface area (Å²) in [5.41, 5.74) is 2.10. The first kappa shape index (κ1) is 13.0. The third kappa shape index (κ3) is 3.51. The van der Waals surface area contributed by atoms with Gasteiger partial charge in [0.1, 0.15) is 12.1 Å². The van der Waals surface area contributed by atoms with Gasteiger partial charge in [0, 0.05) is 6.07 Å².